The van der Waals surface area contributed by atoms with Crippen molar-refractivity contribution in [1.82, 2.24) is 4.98 Å². The Labute approximate surface area is 180 Å². The quantitative estimate of drug-likeness (QED) is 0.543. The lowest BCUT2D eigenvalue weighted by Crippen LogP contribution is -2.47. The number of pyridine rings is 1. The molecule has 0 N–H and O–H groups in total. The third-order valence-electron chi connectivity index (χ3n) is 5.44. The molecule has 1 aromatic heterocycles. The number of halogens is 1. The van der Waals surface area contributed by atoms with Crippen LogP contribution in [0, 0.1) is 0 Å². The van der Waals surface area contributed by atoms with Crippen molar-refractivity contribution in [2.45, 2.75) is 32.4 Å². The lowest BCUT2D eigenvalue weighted by molar-refractivity contribution is -0.117. The number of aromatic nitrogens is 1. The molecule has 0 unspecified atom stereocenters. The van der Waals surface area contributed by atoms with Gasteiger partial charge in [-0.3, -0.25) is 9.59 Å². The molecular formula is C24H22ClN3O2. The van der Waals surface area contributed by atoms with Gasteiger partial charge in [-0.1, -0.05) is 48.0 Å². The largest absolute Gasteiger partial charge is 0.305 e. The van der Waals surface area contributed by atoms with E-state index in [1.165, 1.54) is 6.20 Å². The Bertz CT molecular complexity index is 1070. The van der Waals surface area contributed by atoms with Crippen molar-refractivity contribution in [3.8, 4) is 0 Å². The van der Waals surface area contributed by atoms with Crippen LogP contribution in [-0.2, 0) is 4.79 Å². The van der Waals surface area contributed by atoms with Gasteiger partial charge in [0, 0.05) is 30.5 Å². The fraction of sp³-hybridized carbons (Fsp3) is 0.208. The van der Waals surface area contributed by atoms with Crippen LogP contribution in [0.15, 0.2) is 72.9 Å². The highest BCUT2D eigenvalue weighted by atomic mass is 35.5. The summed E-state index contributed by atoms with van der Waals surface area (Å²) >= 11 is 5.88. The summed E-state index contributed by atoms with van der Waals surface area (Å²) in [5, 5.41) is 0.346. The number of rotatable bonds is 3. The molecule has 0 saturated heterocycles. The molecule has 2 atom stereocenters. The Balaban J connectivity index is 1.77. The molecule has 6 heteroatoms. The molecule has 0 saturated carbocycles. The maximum Gasteiger partial charge on any atom is 0.260 e. The number of carbonyl (C=O) groups is 2. The average molecular weight is 420 g/mol. The van der Waals surface area contributed by atoms with Crippen LogP contribution in [0.4, 0.5) is 11.4 Å². The van der Waals surface area contributed by atoms with Crippen molar-refractivity contribution in [3.63, 3.8) is 0 Å². The van der Waals surface area contributed by atoms with E-state index in [-0.39, 0.29) is 23.9 Å². The van der Waals surface area contributed by atoms with Crippen LogP contribution in [0.25, 0.3) is 0 Å². The highest BCUT2D eigenvalue weighted by Crippen LogP contribution is 2.42. The van der Waals surface area contributed by atoms with Crippen molar-refractivity contribution in [2.75, 3.05) is 9.80 Å². The number of nitrogens with zero attached hydrogens (tertiary/aromatic N) is 3. The SMILES string of the molecule is CC(=O)N(c1ccccc1)[C@H]1C[C@@H](C)N(C(=O)c2ccc(Cl)nc2)c2ccccc21. The summed E-state index contributed by atoms with van der Waals surface area (Å²) in [7, 11) is 0. The zero-order chi connectivity index (χ0) is 21.3. The second-order valence-corrected chi connectivity index (χ2v) is 7.82. The van der Waals surface area contributed by atoms with Gasteiger partial charge in [0.1, 0.15) is 5.15 Å². The minimum atomic E-state index is -0.163. The normalized spacial score (nSPS) is 17.9. The average Bonchev–Trinajstić information content (AvgIpc) is 2.74. The lowest BCUT2D eigenvalue weighted by atomic mass is 9.89. The van der Waals surface area contributed by atoms with Crippen LogP contribution in [-0.4, -0.2) is 22.8 Å². The molecule has 2 heterocycles. The van der Waals surface area contributed by atoms with Gasteiger partial charge >= 0.3 is 0 Å². The summed E-state index contributed by atoms with van der Waals surface area (Å²) in [6.45, 7) is 3.59. The van der Waals surface area contributed by atoms with E-state index in [9.17, 15) is 9.59 Å². The molecule has 2 amide bonds. The number of hydrogen-bond acceptors (Lipinski definition) is 3. The van der Waals surface area contributed by atoms with E-state index in [0.717, 1.165) is 16.9 Å². The van der Waals surface area contributed by atoms with E-state index in [4.69, 9.17) is 11.6 Å². The monoisotopic (exact) mass is 419 g/mol. The van der Waals surface area contributed by atoms with E-state index in [1.54, 1.807) is 24.0 Å². The lowest BCUT2D eigenvalue weighted by Gasteiger charge is -2.43. The smallest absolute Gasteiger partial charge is 0.260 e. The maximum absolute atomic E-state index is 13.3. The van der Waals surface area contributed by atoms with Crippen LogP contribution >= 0.6 is 11.6 Å². The third kappa shape index (κ3) is 3.68. The molecule has 2 aromatic carbocycles. The van der Waals surface area contributed by atoms with Crippen molar-refractivity contribution in [3.05, 3.63) is 89.2 Å². The Morgan fingerprint density at radius 3 is 2.40 bits per heavy atom. The number of fused-ring (bicyclic) bond motifs is 1. The topological polar surface area (TPSA) is 53.5 Å². The Morgan fingerprint density at radius 1 is 1.03 bits per heavy atom. The minimum Gasteiger partial charge on any atom is -0.305 e. The van der Waals surface area contributed by atoms with Crippen molar-refractivity contribution >= 4 is 34.8 Å². The molecule has 4 rings (SSSR count). The summed E-state index contributed by atoms with van der Waals surface area (Å²) in [5.74, 6) is -0.165. The summed E-state index contributed by atoms with van der Waals surface area (Å²) in [6.07, 6.45) is 2.12. The second kappa shape index (κ2) is 8.28. The molecule has 3 aromatic rings. The van der Waals surface area contributed by atoms with E-state index in [0.29, 0.717) is 17.1 Å². The second-order valence-electron chi connectivity index (χ2n) is 7.43. The van der Waals surface area contributed by atoms with Gasteiger partial charge in [0.2, 0.25) is 5.91 Å². The fourth-order valence-corrected chi connectivity index (χ4v) is 4.26. The van der Waals surface area contributed by atoms with Crippen LogP contribution in [0.2, 0.25) is 5.15 Å². The molecule has 0 bridgehead atoms. The van der Waals surface area contributed by atoms with Gasteiger partial charge in [-0.05, 0) is 49.2 Å². The van der Waals surface area contributed by atoms with Gasteiger partial charge in [0.05, 0.1) is 11.6 Å². The number of para-hydroxylation sites is 2. The van der Waals surface area contributed by atoms with Crippen LogP contribution in [0.5, 0.6) is 0 Å². The predicted molar refractivity (Wildman–Crippen MR) is 119 cm³/mol. The Morgan fingerprint density at radius 2 is 1.73 bits per heavy atom. The fourth-order valence-electron chi connectivity index (χ4n) is 4.15. The van der Waals surface area contributed by atoms with Crippen LogP contribution < -0.4 is 9.80 Å². The first-order chi connectivity index (χ1) is 14.5. The van der Waals surface area contributed by atoms with Gasteiger partial charge in [-0.2, -0.15) is 0 Å². The third-order valence-corrected chi connectivity index (χ3v) is 5.66. The maximum atomic E-state index is 13.3. The molecule has 5 nitrogen and oxygen atoms in total. The summed E-state index contributed by atoms with van der Waals surface area (Å²) in [6, 6.07) is 20.5. The standard InChI is InChI=1S/C24H22ClN3O2/c1-16-14-22(28(17(2)29)19-8-4-3-5-9-19)20-10-6-7-11-21(20)27(16)24(30)18-12-13-23(25)26-15-18/h3-13,15-16,22H,14H2,1-2H3/t16-,22+/m1/s1. The van der Waals surface area contributed by atoms with Crippen LogP contribution in [0.3, 0.4) is 0 Å². The predicted octanol–water partition coefficient (Wildman–Crippen LogP) is 5.27. The Kier molecular flexibility index (Phi) is 5.55. The van der Waals surface area contributed by atoms with Crippen molar-refractivity contribution in [2.24, 2.45) is 0 Å². The van der Waals surface area contributed by atoms with Crippen LogP contribution in [0.1, 0.15) is 42.2 Å². The highest BCUT2D eigenvalue weighted by Gasteiger charge is 2.38. The first kappa shape index (κ1) is 20.1. The first-order valence-electron chi connectivity index (χ1n) is 9.86. The van der Waals surface area contributed by atoms with E-state index in [1.807, 2.05) is 66.4 Å². The molecule has 0 radical (unpaired) electrons. The van der Waals surface area contributed by atoms with Crippen molar-refractivity contribution in [1.29, 1.82) is 0 Å². The number of hydrogen-bond donors (Lipinski definition) is 0. The summed E-state index contributed by atoms with van der Waals surface area (Å²) in [4.78, 5) is 33.6. The molecule has 30 heavy (non-hydrogen) atoms. The minimum absolute atomic E-state index is 0.0325. The molecule has 152 valence electrons. The number of anilines is 2. The summed E-state index contributed by atoms with van der Waals surface area (Å²) < 4.78 is 0. The Hall–Kier alpha value is -3.18. The van der Waals surface area contributed by atoms with Gasteiger partial charge in [0.15, 0.2) is 0 Å². The molecule has 1 aliphatic heterocycles. The first-order valence-corrected chi connectivity index (χ1v) is 10.2. The number of carbonyl (C=O) groups excluding carboxylic acids is 2. The summed E-state index contributed by atoms with van der Waals surface area (Å²) in [5.41, 5.74) is 3.08. The number of benzene rings is 2. The zero-order valence-electron chi connectivity index (χ0n) is 16.8. The molecule has 0 fully saturated rings. The molecule has 1 aliphatic rings. The van der Waals surface area contributed by atoms with E-state index >= 15 is 0 Å². The molecule has 0 aliphatic carbocycles. The number of amides is 2. The van der Waals surface area contributed by atoms with Gasteiger partial charge in [-0.25, -0.2) is 4.98 Å². The van der Waals surface area contributed by atoms with E-state index < -0.39 is 0 Å². The van der Waals surface area contributed by atoms with Gasteiger partial charge in [0.25, 0.3) is 5.91 Å². The van der Waals surface area contributed by atoms with E-state index in [2.05, 4.69) is 4.98 Å². The molecular weight excluding hydrogens is 398 g/mol. The van der Waals surface area contributed by atoms with Gasteiger partial charge < -0.3 is 9.80 Å². The van der Waals surface area contributed by atoms with Crippen molar-refractivity contribution < 1.29 is 9.59 Å². The highest BCUT2D eigenvalue weighted by molar-refractivity contribution is 6.29. The van der Waals surface area contributed by atoms with Gasteiger partial charge in [-0.15, -0.1) is 0 Å². The zero-order valence-corrected chi connectivity index (χ0v) is 17.6. The molecule has 0 spiro atoms.